The molecule has 1 aliphatic rings. The zero-order valence-corrected chi connectivity index (χ0v) is 13.2. The molecule has 0 spiro atoms. The normalized spacial score (nSPS) is 28.8. The Labute approximate surface area is 119 Å². The average Bonchev–Trinajstić information content (AvgIpc) is 2.37. The van der Waals surface area contributed by atoms with Gasteiger partial charge in [-0.3, -0.25) is 4.21 Å². The van der Waals surface area contributed by atoms with E-state index in [-0.39, 0.29) is 5.25 Å². The van der Waals surface area contributed by atoms with E-state index in [1.807, 2.05) is 6.92 Å². The minimum absolute atomic E-state index is 0.117. The molecule has 0 bridgehead atoms. The summed E-state index contributed by atoms with van der Waals surface area (Å²) < 4.78 is 17.0. The number of hydrogen-bond donors (Lipinski definition) is 2. The van der Waals surface area contributed by atoms with Crippen molar-refractivity contribution in [2.45, 2.75) is 57.0 Å². The van der Waals surface area contributed by atoms with E-state index in [1.54, 1.807) is 6.26 Å². The van der Waals surface area contributed by atoms with Crippen LogP contribution < -0.4 is 5.32 Å². The van der Waals surface area contributed by atoms with Crippen molar-refractivity contribution in [1.82, 2.24) is 5.32 Å². The van der Waals surface area contributed by atoms with Gasteiger partial charge in [-0.05, 0) is 25.7 Å². The van der Waals surface area contributed by atoms with Gasteiger partial charge in [-0.1, -0.05) is 19.8 Å². The van der Waals surface area contributed by atoms with Gasteiger partial charge in [0.25, 0.3) is 0 Å². The van der Waals surface area contributed by atoms with E-state index in [0.717, 1.165) is 6.42 Å². The Morgan fingerprint density at radius 3 is 2.68 bits per heavy atom. The van der Waals surface area contributed by atoms with Crippen molar-refractivity contribution in [2.75, 3.05) is 26.0 Å². The van der Waals surface area contributed by atoms with Gasteiger partial charge in [0, 0.05) is 35.4 Å². The number of hydrogen-bond acceptors (Lipinski definition) is 4. The number of aliphatic hydroxyl groups is 1. The van der Waals surface area contributed by atoms with Crippen LogP contribution in [0.1, 0.15) is 39.5 Å². The van der Waals surface area contributed by atoms with Crippen LogP contribution in [0.5, 0.6) is 0 Å². The summed E-state index contributed by atoms with van der Waals surface area (Å²) in [7, 11) is -0.813. The van der Waals surface area contributed by atoms with Crippen LogP contribution in [0.15, 0.2) is 0 Å². The van der Waals surface area contributed by atoms with Crippen LogP contribution in [0.2, 0.25) is 0 Å². The lowest BCUT2D eigenvalue weighted by Gasteiger charge is -2.29. The quantitative estimate of drug-likeness (QED) is 0.708. The van der Waals surface area contributed by atoms with E-state index in [1.165, 1.54) is 19.3 Å². The molecule has 114 valence electrons. The second-order valence-corrected chi connectivity index (χ2v) is 7.56. The summed E-state index contributed by atoms with van der Waals surface area (Å²) in [4.78, 5) is 0. The van der Waals surface area contributed by atoms with Gasteiger partial charge >= 0.3 is 0 Å². The first kappa shape index (κ1) is 17.1. The molecule has 19 heavy (non-hydrogen) atoms. The van der Waals surface area contributed by atoms with E-state index in [4.69, 9.17) is 4.74 Å². The van der Waals surface area contributed by atoms with Crippen LogP contribution in [0, 0.1) is 5.92 Å². The largest absolute Gasteiger partial charge is 0.389 e. The Kier molecular flexibility index (Phi) is 8.14. The van der Waals surface area contributed by atoms with E-state index < -0.39 is 16.9 Å². The third-order valence-electron chi connectivity index (χ3n) is 3.91. The van der Waals surface area contributed by atoms with Crippen LogP contribution in [-0.2, 0) is 15.5 Å². The smallest absolute Gasteiger partial charge is 0.0897 e. The molecule has 0 aromatic heterocycles. The van der Waals surface area contributed by atoms with Crippen LogP contribution in [0.4, 0.5) is 0 Å². The molecular weight excluding hydrogens is 262 g/mol. The maximum Gasteiger partial charge on any atom is 0.0897 e. The summed E-state index contributed by atoms with van der Waals surface area (Å²) >= 11 is 0. The molecule has 5 unspecified atom stereocenters. The Morgan fingerprint density at radius 1 is 1.37 bits per heavy atom. The first-order chi connectivity index (χ1) is 9.00. The summed E-state index contributed by atoms with van der Waals surface area (Å²) in [6.07, 6.45) is 6.43. The van der Waals surface area contributed by atoms with Crippen molar-refractivity contribution in [1.29, 1.82) is 0 Å². The third-order valence-corrected chi connectivity index (χ3v) is 5.21. The molecule has 0 radical (unpaired) electrons. The molecule has 5 atom stereocenters. The molecule has 0 aliphatic heterocycles. The van der Waals surface area contributed by atoms with Gasteiger partial charge in [0.1, 0.15) is 0 Å². The minimum Gasteiger partial charge on any atom is -0.389 e. The van der Waals surface area contributed by atoms with Crippen molar-refractivity contribution in [3.63, 3.8) is 0 Å². The molecule has 2 N–H and O–H groups in total. The molecule has 1 saturated carbocycles. The summed E-state index contributed by atoms with van der Waals surface area (Å²) in [5.74, 6) is 0.608. The molecule has 1 rings (SSSR count). The summed E-state index contributed by atoms with van der Waals surface area (Å²) in [6, 6.07) is 0. The van der Waals surface area contributed by atoms with Crippen molar-refractivity contribution >= 4 is 10.8 Å². The number of nitrogens with one attached hydrogen (secondary N) is 1. The van der Waals surface area contributed by atoms with Gasteiger partial charge in [0.05, 0.1) is 18.8 Å². The molecule has 0 amide bonds. The Hall–Kier alpha value is 0.0300. The Balaban J connectivity index is 2.10. The number of rotatable bonds is 8. The highest BCUT2D eigenvalue weighted by Gasteiger charge is 2.22. The van der Waals surface area contributed by atoms with Gasteiger partial charge < -0.3 is 15.2 Å². The third kappa shape index (κ3) is 6.84. The highest BCUT2D eigenvalue weighted by atomic mass is 32.2. The molecular formula is C14H29NO3S. The lowest BCUT2D eigenvalue weighted by molar-refractivity contribution is -0.0450. The van der Waals surface area contributed by atoms with Crippen molar-refractivity contribution in [3.8, 4) is 0 Å². The highest BCUT2D eigenvalue weighted by molar-refractivity contribution is 7.84. The lowest BCUT2D eigenvalue weighted by Crippen LogP contribution is -2.37. The molecule has 0 heterocycles. The van der Waals surface area contributed by atoms with Gasteiger partial charge in [-0.2, -0.15) is 0 Å². The molecule has 0 aromatic carbocycles. The second-order valence-electron chi connectivity index (χ2n) is 5.75. The van der Waals surface area contributed by atoms with Gasteiger partial charge in [0.15, 0.2) is 0 Å². The van der Waals surface area contributed by atoms with E-state index in [0.29, 0.717) is 31.7 Å². The zero-order valence-electron chi connectivity index (χ0n) is 12.4. The monoisotopic (exact) mass is 291 g/mol. The fraction of sp³-hybridized carbons (Fsp3) is 1.00. The summed E-state index contributed by atoms with van der Waals surface area (Å²) in [5, 5.41) is 13.1. The van der Waals surface area contributed by atoms with Crippen molar-refractivity contribution < 1.29 is 14.1 Å². The molecule has 1 fully saturated rings. The van der Waals surface area contributed by atoms with Crippen molar-refractivity contribution in [2.24, 2.45) is 5.92 Å². The lowest BCUT2D eigenvalue weighted by atomic mass is 9.88. The SMILES string of the molecule is CC1CCCCC1OCC(O)CNCC(C)S(C)=O. The fourth-order valence-electron chi connectivity index (χ4n) is 2.39. The first-order valence-corrected chi connectivity index (χ1v) is 8.95. The predicted molar refractivity (Wildman–Crippen MR) is 79.8 cm³/mol. The topological polar surface area (TPSA) is 58.6 Å². The molecule has 4 nitrogen and oxygen atoms in total. The van der Waals surface area contributed by atoms with Gasteiger partial charge in [-0.15, -0.1) is 0 Å². The van der Waals surface area contributed by atoms with Gasteiger partial charge in [-0.25, -0.2) is 0 Å². The Morgan fingerprint density at radius 2 is 2.05 bits per heavy atom. The van der Waals surface area contributed by atoms with Crippen LogP contribution in [-0.4, -0.2) is 52.7 Å². The maximum atomic E-state index is 11.2. The maximum absolute atomic E-state index is 11.2. The highest BCUT2D eigenvalue weighted by Crippen LogP contribution is 2.26. The molecule has 1 aliphatic carbocycles. The van der Waals surface area contributed by atoms with Crippen LogP contribution in [0.25, 0.3) is 0 Å². The standard InChI is InChI=1S/C14H29NO3S/c1-11-6-4-5-7-14(11)18-10-13(16)9-15-8-12(2)19(3)17/h11-16H,4-10H2,1-3H3. The van der Waals surface area contributed by atoms with Crippen LogP contribution in [0.3, 0.4) is 0 Å². The second kappa shape index (κ2) is 9.06. The van der Waals surface area contributed by atoms with E-state index in [9.17, 15) is 9.32 Å². The molecule has 0 aromatic rings. The molecule has 5 heteroatoms. The number of aliphatic hydroxyl groups excluding tert-OH is 1. The average molecular weight is 291 g/mol. The van der Waals surface area contributed by atoms with E-state index >= 15 is 0 Å². The Bertz CT molecular complexity index is 275. The minimum atomic E-state index is -0.813. The van der Waals surface area contributed by atoms with Crippen molar-refractivity contribution in [3.05, 3.63) is 0 Å². The molecule has 0 saturated heterocycles. The number of ether oxygens (including phenoxy) is 1. The van der Waals surface area contributed by atoms with E-state index in [2.05, 4.69) is 12.2 Å². The fourth-order valence-corrected chi connectivity index (χ4v) is 2.75. The first-order valence-electron chi connectivity index (χ1n) is 7.33. The van der Waals surface area contributed by atoms with Gasteiger partial charge in [0.2, 0.25) is 0 Å². The summed E-state index contributed by atoms with van der Waals surface area (Å²) in [5.41, 5.74) is 0. The summed E-state index contributed by atoms with van der Waals surface area (Å²) in [6.45, 7) is 5.73. The van der Waals surface area contributed by atoms with Crippen LogP contribution >= 0.6 is 0 Å². The zero-order chi connectivity index (χ0) is 14.3. The predicted octanol–water partition coefficient (Wildman–Crippen LogP) is 1.30.